The van der Waals surface area contributed by atoms with Gasteiger partial charge in [0.1, 0.15) is 4.62 Å². The van der Waals surface area contributed by atoms with E-state index in [0.717, 1.165) is 4.62 Å². The summed E-state index contributed by atoms with van der Waals surface area (Å²) in [5.41, 5.74) is 0. The van der Waals surface area contributed by atoms with Crippen molar-refractivity contribution in [3.05, 3.63) is 0 Å². The molecule has 1 rings (SSSR count). The Bertz CT molecular complexity index is 180. The number of nitrogens with one attached hydrogen (secondary N) is 1. The second kappa shape index (κ2) is 3.01. The Morgan fingerprint density at radius 3 is 3.10 bits per heavy atom. The van der Waals surface area contributed by atoms with E-state index in [1.165, 1.54) is 6.92 Å². The first-order valence-electron chi connectivity index (χ1n) is 2.84. The van der Waals surface area contributed by atoms with E-state index in [1.807, 2.05) is 0 Å². The molecule has 4 nitrogen and oxygen atoms in total. The number of carbonyl (C=O) groups excluding carboxylic acids is 1. The first-order chi connectivity index (χ1) is 4.68. The van der Waals surface area contributed by atoms with Crippen LogP contribution in [0.5, 0.6) is 0 Å². The highest BCUT2D eigenvalue weighted by Crippen LogP contribution is 2.11. The lowest BCUT2D eigenvalue weighted by atomic mass is 10.4. The SMILES string of the molecule is CC(=O)NC1CC(Br)=NO1. The smallest absolute Gasteiger partial charge is 0.219 e. The van der Waals surface area contributed by atoms with Crippen molar-refractivity contribution >= 4 is 26.5 Å². The van der Waals surface area contributed by atoms with Crippen LogP contribution < -0.4 is 5.32 Å². The zero-order chi connectivity index (χ0) is 7.56. The van der Waals surface area contributed by atoms with Crippen LogP contribution in [0.3, 0.4) is 0 Å². The Balaban J connectivity index is 2.29. The molecule has 0 fully saturated rings. The Hall–Kier alpha value is -0.580. The number of oxime groups is 1. The monoisotopic (exact) mass is 206 g/mol. The molecule has 1 atom stereocenters. The average Bonchev–Trinajstić information content (AvgIpc) is 2.13. The predicted octanol–water partition coefficient (Wildman–Crippen LogP) is 0.577. The van der Waals surface area contributed by atoms with E-state index in [1.54, 1.807) is 0 Å². The summed E-state index contributed by atoms with van der Waals surface area (Å²) in [7, 11) is 0. The Labute approximate surface area is 66.7 Å². The van der Waals surface area contributed by atoms with Crippen LogP contribution in [0, 0.1) is 0 Å². The summed E-state index contributed by atoms with van der Waals surface area (Å²) in [6.07, 6.45) is 0.325. The number of rotatable bonds is 1. The highest BCUT2D eigenvalue weighted by atomic mass is 79.9. The molecule has 1 N–H and O–H groups in total. The summed E-state index contributed by atoms with van der Waals surface area (Å²) < 4.78 is 0.728. The second-order valence-electron chi connectivity index (χ2n) is 1.97. The van der Waals surface area contributed by atoms with E-state index >= 15 is 0 Å². The molecule has 1 unspecified atom stereocenters. The van der Waals surface area contributed by atoms with Gasteiger partial charge in [0.2, 0.25) is 12.1 Å². The molecule has 0 aromatic heterocycles. The lowest BCUT2D eigenvalue weighted by molar-refractivity contribution is -0.122. The van der Waals surface area contributed by atoms with E-state index in [0.29, 0.717) is 6.42 Å². The van der Waals surface area contributed by atoms with Crippen molar-refractivity contribution in [2.45, 2.75) is 19.6 Å². The standard InChI is InChI=1S/C5H7BrN2O2/c1-3(9)7-5-2-4(6)8-10-5/h5H,2H2,1H3,(H,7,9). The summed E-state index contributed by atoms with van der Waals surface area (Å²) in [5, 5.41) is 6.16. The van der Waals surface area contributed by atoms with Gasteiger partial charge in [0.25, 0.3) is 0 Å². The maximum atomic E-state index is 10.4. The third-order valence-corrected chi connectivity index (χ3v) is 1.47. The molecule has 5 heteroatoms. The van der Waals surface area contributed by atoms with Gasteiger partial charge in [-0.2, -0.15) is 0 Å². The van der Waals surface area contributed by atoms with Gasteiger partial charge in [0, 0.05) is 6.92 Å². The van der Waals surface area contributed by atoms with Gasteiger partial charge in [-0.3, -0.25) is 4.79 Å². The van der Waals surface area contributed by atoms with Crippen molar-refractivity contribution in [3.63, 3.8) is 0 Å². The lowest BCUT2D eigenvalue weighted by Gasteiger charge is -2.06. The van der Waals surface area contributed by atoms with Crippen LogP contribution in [0.1, 0.15) is 13.3 Å². The molecule has 0 aromatic rings. The van der Waals surface area contributed by atoms with E-state index in [9.17, 15) is 4.79 Å². The molecule has 0 saturated carbocycles. The minimum Gasteiger partial charge on any atom is -0.369 e. The molecule has 10 heavy (non-hydrogen) atoms. The molecule has 0 spiro atoms. The molecule has 0 aromatic carbocycles. The van der Waals surface area contributed by atoms with Crippen LogP contribution >= 0.6 is 15.9 Å². The number of nitrogens with zero attached hydrogens (tertiary/aromatic N) is 1. The van der Waals surface area contributed by atoms with Crippen LogP contribution in [-0.2, 0) is 9.63 Å². The maximum Gasteiger partial charge on any atom is 0.219 e. The summed E-state index contributed by atoms with van der Waals surface area (Å²) in [6, 6.07) is 0. The van der Waals surface area contributed by atoms with Gasteiger partial charge in [-0.25, -0.2) is 0 Å². The average molecular weight is 207 g/mol. The molecular formula is C5H7BrN2O2. The third-order valence-electron chi connectivity index (χ3n) is 0.997. The fourth-order valence-corrected chi connectivity index (χ4v) is 1.03. The maximum absolute atomic E-state index is 10.4. The van der Waals surface area contributed by atoms with Crippen LogP contribution in [-0.4, -0.2) is 16.8 Å². The first-order valence-corrected chi connectivity index (χ1v) is 3.63. The molecule has 1 amide bonds. The Morgan fingerprint density at radius 2 is 2.70 bits per heavy atom. The molecule has 56 valence electrons. The van der Waals surface area contributed by atoms with Crippen molar-refractivity contribution < 1.29 is 9.63 Å². The number of hydrogen-bond donors (Lipinski definition) is 1. The summed E-state index contributed by atoms with van der Waals surface area (Å²) in [4.78, 5) is 15.2. The van der Waals surface area contributed by atoms with Gasteiger partial charge in [-0.15, -0.1) is 0 Å². The van der Waals surface area contributed by atoms with Crippen molar-refractivity contribution in [1.29, 1.82) is 0 Å². The second-order valence-corrected chi connectivity index (χ2v) is 2.88. The van der Waals surface area contributed by atoms with Gasteiger partial charge in [0.15, 0.2) is 0 Å². The zero-order valence-electron chi connectivity index (χ0n) is 5.43. The quantitative estimate of drug-likeness (QED) is 0.683. The largest absolute Gasteiger partial charge is 0.369 e. The van der Waals surface area contributed by atoms with Gasteiger partial charge in [-0.05, 0) is 15.9 Å². The van der Waals surface area contributed by atoms with Crippen molar-refractivity contribution in [2.24, 2.45) is 5.16 Å². The minimum atomic E-state index is -0.285. The minimum absolute atomic E-state index is 0.109. The van der Waals surface area contributed by atoms with Gasteiger partial charge in [0.05, 0.1) is 6.42 Å². The molecule has 1 aliphatic rings. The fraction of sp³-hybridized carbons (Fsp3) is 0.600. The Kier molecular flexibility index (Phi) is 2.26. The topological polar surface area (TPSA) is 50.7 Å². The van der Waals surface area contributed by atoms with E-state index in [-0.39, 0.29) is 12.1 Å². The van der Waals surface area contributed by atoms with E-state index < -0.39 is 0 Å². The van der Waals surface area contributed by atoms with E-state index in [4.69, 9.17) is 4.84 Å². The molecule has 1 aliphatic heterocycles. The number of amides is 1. The number of hydrogen-bond acceptors (Lipinski definition) is 3. The van der Waals surface area contributed by atoms with Gasteiger partial charge in [-0.1, -0.05) is 5.16 Å². The molecule has 0 bridgehead atoms. The van der Waals surface area contributed by atoms with Crippen molar-refractivity contribution in [3.8, 4) is 0 Å². The highest BCUT2D eigenvalue weighted by molar-refractivity contribution is 9.18. The van der Waals surface area contributed by atoms with Gasteiger partial charge < -0.3 is 10.2 Å². The third kappa shape index (κ3) is 1.98. The summed E-state index contributed by atoms with van der Waals surface area (Å²) in [5.74, 6) is -0.109. The molecular weight excluding hydrogens is 200 g/mol. The molecule has 0 saturated heterocycles. The van der Waals surface area contributed by atoms with Crippen LogP contribution in [0.2, 0.25) is 0 Å². The van der Waals surface area contributed by atoms with Crippen molar-refractivity contribution in [2.75, 3.05) is 0 Å². The summed E-state index contributed by atoms with van der Waals surface area (Å²) in [6.45, 7) is 1.44. The molecule has 0 radical (unpaired) electrons. The zero-order valence-corrected chi connectivity index (χ0v) is 7.01. The highest BCUT2D eigenvalue weighted by Gasteiger charge is 2.18. The van der Waals surface area contributed by atoms with Crippen LogP contribution in [0.15, 0.2) is 5.16 Å². The molecule has 1 heterocycles. The Morgan fingerprint density at radius 1 is 2.00 bits per heavy atom. The van der Waals surface area contributed by atoms with Crippen LogP contribution in [0.25, 0.3) is 0 Å². The predicted molar refractivity (Wildman–Crippen MR) is 39.7 cm³/mol. The number of halogens is 1. The first kappa shape index (κ1) is 7.53. The summed E-state index contributed by atoms with van der Waals surface area (Å²) >= 11 is 3.14. The fourth-order valence-electron chi connectivity index (χ4n) is 0.652. The number of carbonyl (C=O) groups is 1. The van der Waals surface area contributed by atoms with E-state index in [2.05, 4.69) is 26.4 Å². The van der Waals surface area contributed by atoms with Gasteiger partial charge >= 0.3 is 0 Å². The van der Waals surface area contributed by atoms with Crippen LogP contribution in [0.4, 0.5) is 0 Å². The molecule has 0 aliphatic carbocycles. The van der Waals surface area contributed by atoms with Crippen molar-refractivity contribution in [1.82, 2.24) is 5.32 Å². The lowest BCUT2D eigenvalue weighted by Crippen LogP contribution is -2.32. The normalized spacial score (nSPS) is 23.4.